The largest absolute Gasteiger partial charge is 0.383 e. The van der Waals surface area contributed by atoms with Gasteiger partial charge in [-0.05, 0) is 31.8 Å². The molecule has 1 unspecified atom stereocenters. The monoisotopic (exact) mass is 240 g/mol. The number of hydrogen-bond acceptors (Lipinski definition) is 5. The summed E-state index contributed by atoms with van der Waals surface area (Å²) in [6, 6.07) is 0.409. The minimum Gasteiger partial charge on any atom is -0.383 e. The van der Waals surface area contributed by atoms with Gasteiger partial charge in [-0.3, -0.25) is 0 Å². The third kappa shape index (κ3) is 3.89. The Hall–Kier alpha value is -0.970. The minimum atomic E-state index is 0.409. The third-order valence-electron chi connectivity index (χ3n) is 2.41. The number of rotatable bonds is 6. The summed E-state index contributed by atoms with van der Waals surface area (Å²) in [5, 5.41) is 3.37. The highest BCUT2D eigenvalue weighted by Crippen LogP contribution is 2.17. The summed E-state index contributed by atoms with van der Waals surface area (Å²) in [5.41, 5.74) is 6.65. The molecule has 0 aliphatic heterocycles. The van der Waals surface area contributed by atoms with Crippen molar-refractivity contribution in [3.8, 4) is 0 Å². The van der Waals surface area contributed by atoms with E-state index in [4.69, 9.17) is 5.73 Å². The molecule has 0 aliphatic carbocycles. The molecule has 0 saturated carbocycles. The number of thioether (sulfide) groups is 1. The number of aromatic nitrogens is 2. The van der Waals surface area contributed by atoms with E-state index in [2.05, 4.69) is 29.1 Å². The molecule has 0 aromatic carbocycles. The van der Waals surface area contributed by atoms with Crippen LogP contribution in [-0.2, 0) is 0 Å². The van der Waals surface area contributed by atoms with Crippen LogP contribution < -0.4 is 11.1 Å². The van der Waals surface area contributed by atoms with E-state index in [0.717, 1.165) is 17.8 Å². The van der Waals surface area contributed by atoms with Crippen LogP contribution in [-0.4, -0.2) is 27.5 Å². The standard InChI is InChI=1S/C11H20N4S/c1-4-16-6-5-8(2)15-11-9(3)10(12)13-7-14-11/h7-8H,4-6H2,1-3H3,(H3,12,13,14,15). The van der Waals surface area contributed by atoms with E-state index in [1.165, 1.54) is 17.8 Å². The molecule has 3 N–H and O–H groups in total. The van der Waals surface area contributed by atoms with Crippen LogP contribution in [0.3, 0.4) is 0 Å². The Labute approximate surface area is 101 Å². The van der Waals surface area contributed by atoms with E-state index in [-0.39, 0.29) is 0 Å². The van der Waals surface area contributed by atoms with E-state index in [0.29, 0.717) is 11.9 Å². The summed E-state index contributed by atoms with van der Waals surface area (Å²) in [7, 11) is 0. The molecule has 16 heavy (non-hydrogen) atoms. The highest BCUT2D eigenvalue weighted by Gasteiger charge is 2.07. The van der Waals surface area contributed by atoms with Crippen LogP contribution in [0.15, 0.2) is 6.33 Å². The molecule has 1 aromatic heterocycles. The van der Waals surface area contributed by atoms with Crippen molar-refractivity contribution < 1.29 is 0 Å². The van der Waals surface area contributed by atoms with Crippen molar-refractivity contribution in [1.29, 1.82) is 0 Å². The molecule has 1 rings (SSSR count). The van der Waals surface area contributed by atoms with Crippen molar-refractivity contribution >= 4 is 23.4 Å². The summed E-state index contributed by atoms with van der Waals surface area (Å²) >= 11 is 1.96. The molecule has 0 bridgehead atoms. The van der Waals surface area contributed by atoms with E-state index in [1.807, 2.05) is 18.7 Å². The van der Waals surface area contributed by atoms with E-state index in [9.17, 15) is 0 Å². The van der Waals surface area contributed by atoms with Gasteiger partial charge in [-0.25, -0.2) is 9.97 Å². The highest BCUT2D eigenvalue weighted by atomic mass is 32.2. The third-order valence-corrected chi connectivity index (χ3v) is 3.34. The van der Waals surface area contributed by atoms with Crippen LogP contribution in [0.1, 0.15) is 25.8 Å². The Balaban J connectivity index is 2.49. The number of nitrogen functional groups attached to an aromatic ring is 1. The van der Waals surface area contributed by atoms with Gasteiger partial charge in [0.25, 0.3) is 0 Å². The molecular formula is C11H20N4S. The molecule has 90 valence electrons. The van der Waals surface area contributed by atoms with Gasteiger partial charge in [0.1, 0.15) is 18.0 Å². The van der Waals surface area contributed by atoms with Gasteiger partial charge >= 0.3 is 0 Å². The molecule has 0 spiro atoms. The predicted octanol–water partition coefficient (Wildman–Crippen LogP) is 2.31. The van der Waals surface area contributed by atoms with Gasteiger partial charge in [0.05, 0.1) is 0 Å². The fourth-order valence-electron chi connectivity index (χ4n) is 1.32. The first-order valence-electron chi connectivity index (χ1n) is 5.56. The second-order valence-corrected chi connectivity index (χ2v) is 5.16. The smallest absolute Gasteiger partial charge is 0.134 e. The normalized spacial score (nSPS) is 12.4. The Morgan fingerprint density at radius 3 is 2.94 bits per heavy atom. The molecular weight excluding hydrogens is 220 g/mol. The molecule has 4 nitrogen and oxygen atoms in total. The van der Waals surface area contributed by atoms with E-state index >= 15 is 0 Å². The second-order valence-electron chi connectivity index (χ2n) is 3.76. The van der Waals surface area contributed by atoms with Gasteiger partial charge < -0.3 is 11.1 Å². The van der Waals surface area contributed by atoms with E-state index < -0.39 is 0 Å². The lowest BCUT2D eigenvalue weighted by atomic mass is 10.2. The lowest BCUT2D eigenvalue weighted by molar-refractivity contribution is 0.764. The number of nitrogens with zero attached hydrogens (tertiary/aromatic N) is 2. The van der Waals surface area contributed by atoms with E-state index in [1.54, 1.807) is 0 Å². The fraction of sp³-hybridized carbons (Fsp3) is 0.636. The van der Waals surface area contributed by atoms with Gasteiger partial charge in [0, 0.05) is 11.6 Å². The molecule has 0 saturated heterocycles. The van der Waals surface area contributed by atoms with Crippen LogP contribution in [0.2, 0.25) is 0 Å². The summed E-state index contributed by atoms with van der Waals surface area (Å²) in [6.07, 6.45) is 2.63. The first-order valence-corrected chi connectivity index (χ1v) is 6.72. The van der Waals surface area contributed by atoms with Crippen molar-refractivity contribution in [2.75, 3.05) is 22.6 Å². The number of hydrogen-bond donors (Lipinski definition) is 2. The summed E-state index contributed by atoms with van der Waals surface area (Å²) < 4.78 is 0. The van der Waals surface area contributed by atoms with Gasteiger partial charge in [-0.15, -0.1) is 0 Å². The zero-order valence-corrected chi connectivity index (χ0v) is 11.0. The SMILES string of the molecule is CCSCCC(C)Nc1ncnc(N)c1C. The summed E-state index contributed by atoms with van der Waals surface area (Å²) in [4.78, 5) is 8.14. The molecule has 0 aliphatic rings. The van der Waals surface area contributed by atoms with Gasteiger partial charge in [-0.1, -0.05) is 6.92 Å². The zero-order valence-electron chi connectivity index (χ0n) is 10.2. The van der Waals surface area contributed by atoms with Crippen LogP contribution in [0.5, 0.6) is 0 Å². The Morgan fingerprint density at radius 1 is 1.50 bits per heavy atom. The van der Waals surface area contributed by atoms with Crippen molar-refractivity contribution in [3.63, 3.8) is 0 Å². The van der Waals surface area contributed by atoms with Crippen molar-refractivity contribution in [3.05, 3.63) is 11.9 Å². The molecule has 0 radical (unpaired) electrons. The Kier molecular flexibility index (Phi) is 5.38. The Bertz CT molecular complexity index is 330. The lowest BCUT2D eigenvalue weighted by Crippen LogP contribution is -2.18. The van der Waals surface area contributed by atoms with Crippen molar-refractivity contribution in [2.24, 2.45) is 0 Å². The van der Waals surface area contributed by atoms with Crippen molar-refractivity contribution in [1.82, 2.24) is 9.97 Å². The topological polar surface area (TPSA) is 63.8 Å². The number of nitrogens with two attached hydrogens (primary N) is 1. The number of anilines is 2. The first-order chi connectivity index (χ1) is 7.65. The highest BCUT2D eigenvalue weighted by molar-refractivity contribution is 7.99. The average molecular weight is 240 g/mol. The molecule has 5 heteroatoms. The average Bonchev–Trinajstić information content (AvgIpc) is 2.25. The maximum Gasteiger partial charge on any atom is 0.134 e. The Morgan fingerprint density at radius 2 is 2.25 bits per heavy atom. The first kappa shape index (κ1) is 13.1. The maximum atomic E-state index is 5.72. The molecule has 1 atom stereocenters. The van der Waals surface area contributed by atoms with Crippen LogP contribution in [0.25, 0.3) is 0 Å². The van der Waals surface area contributed by atoms with Crippen LogP contribution in [0.4, 0.5) is 11.6 Å². The summed E-state index contributed by atoms with van der Waals surface area (Å²) in [5.74, 6) is 3.74. The second kappa shape index (κ2) is 6.58. The fourth-order valence-corrected chi connectivity index (χ4v) is 2.13. The van der Waals surface area contributed by atoms with Crippen molar-refractivity contribution in [2.45, 2.75) is 33.2 Å². The number of nitrogens with one attached hydrogen (secondary N) is 1. The minimum absolute atomic E-state index is 0.409. The zero-order chi connectivity index (χ0) is 12.0. The maximum absolute atomic E-state index is 5.72. The molecule has 1 heterocycles. The van der Waals surface area contributed by atoms with Gasteiger partial charge in [0.15, 0.2) is 0 Å². The lowest BCUT2D eigenvalue weighted by Gasteiger charge is -2.15. The van der Waals surface area contributed by atoms with Gasteiger partial charge in [0.2, 0.25) is 0 Å². The molecule has 1 aromatic rings. The van der Waals surface area contributed by atoms with Crippen LogP contribution >= 0.6 is 11.8 Å². The summed E-state index contributed by atoms with van der Waals surface area (Å²) in [6.45, 7) is 6.27. The quantitative estimate of drug-likeness (QED) is 0.747. The van der Waals surface area contributed by atoms with Crippen LogP contribution in [0, 0.1) is 6.92 Å². The predicted molar refractivity (Wildman–Crippen MR) is 71.9 cm³/mol. The molecule has 0 fully saturated rings. The molecule has 0 amide bonds. The van der Waals surface area contributed by atoms with Gasteiger partial charge in [-0.2, -0.15) is 11.8 Å².